The van der Waals surface area contributed by atoms with Crippen LogP contribution >= 0.6 is 0 Å². The monoisotopic (exact) mass is 387 g/mol. The van der Waals surface area contributed by atoms with E-state index in [4.69, 9.17) is 0 Å². The second kappa shape index (κ2) is 6.22. The fourth-order valence-electron chi connectivity index (χ4n) is 5.52. The molecule has 0 radical (unpaired) electrons. The van der Waals surface area contributed by atoms with Gasteiger partial charge in [-0.3, -0.25) is 19.3 Å². The van der Waals surface area contributed by atoms with Crippen LogP contribution in [0.4, 0.5) is 5.69 Å². The lowest BCUT2D eigenvalue weighted by atomic mass is 9.84. The Morgan fingerprint density at radius 3 is 2.45 bits per heavy atom. The van der Waals surface area contributed by atoms with Crippen molar-refractivity contribution in [2.45, 2.75) is 32.9 Å². The van der Waals surface area contributed by atoms with Crippen LogP contribution in [-0.2, 0) is 14.4 Å². The number of Topliss-reactive ketones (excluding diaryl/α,β-unsaturated/α-hetero) is 1. The summed E-state index contributed by atoms with van der Waals surface area (Å²) in [5.74, 6) is -1.65. The SMILES string of the molecule is CC(=O)[C@@H]1[C@@H]2C(=O)N(c3ccc(C)cc3C)C(=O)[C@@H]2[C@H]2c3ccccc3C=C[NH+]12. The number of aryl methyl sites for hydroxylation is 2. The second-order valence-electron chi connectivity index (χ2n) is 8.38. The molecule has 5 heteroatoms. The molecule has 5 nitrogen and oxygen atoms in total. The highest BCUT2D eigenvalue weighted by Gasteiger charge is 2.67. The molecule has 29 heavy (non-hydrogen) atoms. The molecule has 2 aromatic rings. The van der Waals surface area contributed by atoms with E-state index in [1.54, 1.807) is 0 Å². The number of ketones is 1. The molecular weight excluding hydrogens is 364 g/mol. The van der Waals surface area contributed by atoms with Crippen LogP contribution in [0.15, 0.2) is 48.7 Å². The van der Waals surface area contributed by atoms with E-state index in [1.165, 1.54) is 11.8 Å². The first-order valence-electron chi connectivity index (χ1n) is 9.99. The van der Waals surface area contributed by atoms with Gasteiger partial charge in [-0.25, -0.2) is 4.90 Å². The zero-order valence-electron chi connectivity index (χ0n) is 16.7. The van der Waals surface area contributed by atoms with Gasteiger partial charge in [0.25, 0.3) is 0 Å². The number of imide groups is 1. The van der Waals surface area contributed by atoms with E-state index in [-0.39, 0.29) is 23.6 Å². The van der Waals surface area contributed by atoms with E-state index in [1.807, 2.05) is 68.6 Å². The predicted molar refractivity (Wildman–Crippen MR) is 109 cm³/mol. The molecule has 0 saturated carbocycles. The highest BCUT2D eigenvalue weighted by molar-refractivity contribution is 6.24. The number of amides is 2. The van der Waals surface area contributed by atoms with Crippen molar-refractivity contribution in [2.75, 3.05) is 4.90 Å². The van der Waals surface area contributed by atoms with Crippen molar-refractivity contribution in [3.8, 4) is 0 Å². The fourth-order valence-corrected chi connectivity index (χ4v) is 5.52. The number of nitrogens with zero attached hydrogens (tertiary/aromatic N) is 1. The highest BCUT2D eigenvalue weighted by atomic mass is 16.2. The van der Waals surface area contributed by atoms with E-state index in [9.17, 15) is 14.4 Å². The number of quaternary nitrogens is 1. The van der Waals surface area contributed by atoms with Crippen LogP contribution in [-0.4, -0.2) is 23.6 Å². The summed E-state index contributed by atoms with van der Waals surface area (Å²) >= 11 is 0. The lowest BCUT2D eigenvalue weighted by Gasteiger charge is -2.30. The Morgan fingerprint density at radius 2 is 1.72 bits per heavy atom. The third-order valence-electron chi connectivity index (χ3n) is 6.65. The zero-order valence-corrected chi connectivity index (χ0v) is 16.7. The highest BCUT2D eigenvalue weighted by Crippen LogP contribution is 2.45. The van der Waals surface area contributed by atoms with Gasteiger partial charge >= 0.3 is 0 Å². The lowest BCUT2D eigenvalue weighted by molar-refractivity contribution is -0.884. The van der Waals surface area contributed by atoms with Crippen LogP contribution in [0.1, 0.15) is 35.2 Å². The van der Waals surface area contributed by atoms with E-state index in [2.05, 4.69) is 0 Å². The molecule has 2 amide bonds. The maximum atomic E-state index is 13.6. The third kappa shape index (κ3) is 2.40. The number of fused-ring (bicyclic) bond motifs is 5. The van der Waals surface area contributed by atoms with Gasteiger partial charge in [0.15, 0.2) is 11.8 Å². The molecule has 5 rings (SSSR count). The Bertz CT molecular complexity index is 1100. The topological polar surface area (TPSA) is 58.9 Å². The van der Waals surface area contributed by atoms with Crippen molar-refractivity contribution in [3.05, 3.63) is 70.9 Å². The Labute approximate surface area is 169 Å². The lowest BCUT2D eigenvalue weighted by Crippen LogP contribution is -3.12. The van der Waals surface area contributed by atoms with Crippen LogP contribution in [0, 0.1) is 25.7 Å². The standard InChI is InChI=1S/C24H22N2O3/c1-13-8-9-18(14(2)12-13)26-23(28)19-20(24(26)29)22-17-7-5-4-6-16(17)10-11-25(22)21(19)15(3)27/h4-12,19-22H,1-3H3/p+1/t19-,20+,21-,22-/m1/s1. The summed E-state index contributed by atoms with van der Waals surface area (Å²) in [5, 5.41) is 0. The van der Waals surface area contributed by atoms with Gasteiger partial charge in [-0.2, -0.15) is 0 Å². The largest absolute Gasteiger partial charge is 0.293 e. The van der Waals surface area contributed by atoms with Crippen molar-refractivity contribution in [1.82, 2.24) is 0 Å². The number of carbonyl (C=O) groups excluding carboxylic acids is 3. The summed E-state index contributed by atoms with van der Waals surface area (Å²) in [7, 11) is 0. The molecule has 0 spiro atoms. The van der Waals surface area contributed by atoms with Crippen molar-refractivity contribution in [3.63, 3.8) is 0 Å². The summed E-state index contributed by atoms with van der Waals surface area (Å²) in [6.45, 7) is 5.43. The Morgan fingerprint density at radius 1 is 1.00 bits per heavy atom. The van der Waals surface area contributed by atoms with Gasteiger partial charge in [-0.05, 0) is 37.1 Å². The minimum Gasteiger partial charge on any atom is -0.293 e. The second-order valence-corrected chi connectivity index (χ2v) is 8.38. The number of anilines is 1. The summed E-state index contributed by atoms with van der Waals surface area (Å²) in [5.41, 5.74) is 4.68. The van der Waals surface area contributed by atoms with Crippen LogP contribution in [0.5, 0.6) is 0 Å². The molecule has 0 aliphatic carbocycles. The van der Waals surface area contributed by atoms with Gasteiger partial charge in [-0.1, -0.05) is 42.0 Å². The molecule has 5 atom stereocenters. The molecular formula is C24H23N2O3+. The Kier molecular flexibility index (Phi) is 3.87. The number of hydrogen-bond acceptors (Lipinski definition) is 3. The summed E-state index contributed by atoms with van der Waals surface area (Å²) < 4.78 is 0. The number of nitrogens with one attached hydrogen (secondary N) is 1. The van der Waals surface area contributed by atoms with Crippen molar-refractivity contribution in [1.29, 1.82) is 0 Å². The molecule has 2 saturated heterocycles. The average Bonchev–Trinajstić information content (AvgIpc) is 3.16. The van der Waals surface area contributed by atoms with Gasteiger partial charge in [0.2, 0.25) is 11.8 Å². The van der Waals surface area contributed by atoms with E-state index < -0.39 is 17.9 Å². The summed E-state index contributed by atoms with van der Waals surface area (Å²) in [4.78, 5) is 42.0. The molecule has 146 valence electrons. The van der Waals surface area contributed by atoms with Crippen LogP contribution in [0.25, 0.3) is 6.08 Å². The smallest absolute Gasteiger partial charge is 0.244 e. The molecule has 1 unspecified atom stereocenters. The molecule has 2 fully saturated rings. The van der Waals surface area contributed by atoms with E-state index in [0.717, 1.165) is 27.2 Å². The molecule has 2 aromatic carbocycles. The van der Waals surface area contributed by atoms with Crippen LogP contribution < -0.4 is 9.80 Å². The van der Waals surface area contributed by atoms with E-state index >= 15 is 0 Å². The first kappa shape index (κ1) is 18.0. The molecule has 1 N–H and O–H groups in total. The summed E-state index contributed by atoms with van der Waals surface area (Å²) in [6, 6.07) is 12.9. The van der Waals surface area contributed by atoms with Crippen LogP contribution in [0.3, 0.4) is 0 Å². The molecule has 0 aromatic heterocycles. The van der Waals surface area contributed by atoms with Gasteiger partial charge in [0.05, 0.1) is 11.9 Å². The zero-order chi connectivity index (χ0) is 20.4. The predicted octanol–water partition coefficient (Wildman–Crippen LogP) is 1.99. The first-order valence-corrected chi connectivity index (χ1v) is 9.99. The van der Waals surface area contributed by atoms with Gasteiger partial charge in [0.1, 0.15) is 17.9 Å². The summed E-state index contributed by atoms with van der Waals surface area (Å²) in [6.07, 6.45) is 3.95. The minimum atomic E-state index is -0.628. The Hall–Kier alpha value is -3.05. The van der Waals surface area contributed by atoms with Gasteiger partial charge < -0.3 is 0 Å². The average molecular weight is 387 g/mol. The quantitative estimate of drug-likeness (QED) is 0.802. The number of rotatable bonds is 2. The number of hydrogen-bond donors (Lipinski definition) is 1. The van der Waals surface area contributed by atoms with E-state index in [0.29, 0.717) is 5.69 Å². The molecule has 0 bridgehead atoms. The maximum absolute atomic E-state index is 13.6. The van der Waals surface area contributed by atoms with Crippen molar-refractivity contribution >= 4 is 29.4 Å². The first-order chi connectivity index (χ1) is 13.9. The Balaban J connectivity index is 1.66. The van der Waals surface area contributed by atoms with Crippen molar-refractivity contribution in [2.24, 2.45) is 11.8 Å². The fraction of sp³-hybridized carbons (Fsp3) is 0.292. The maximum Gasteiger partial charge on any atom is 0.244 e. The molecule has 3 aliphatic rings. The minimum absolute atomic E-state index is 0.0508. The molecule has 3 heterocycles. The normalized spacial score (nSPS) is 29.6. The van der Waals surface area contributed by atoms with Crippen LogP contribution in [0.2, 0.25) is 0 Å². The number of carbonyl (C=O) groups is 3. The van der Waals surface area contributed by atoms with Gasteiger partial charge in [-0.15, -0.1) is 0 Å². The van der Waals surface area contributed by atoms with Crippen molar-refractivity contribution < 1.29 is 19.3 Å². The third-order valence-corrected chi connectivity index (χ3v) is 6.65. The van der Waals surface area contributed by atoms with Gasteiger partial charge in [0, 0.05) is 12.5 Å². The molecule has 3 aliphatic heterocycles. The number of benzene rings is 2.